The van der Waals surface area contributed by atoms with E-state index < -0.39 is 0 Å². The minimum absolute atomic E-state index is 0.274. The van der Waals surface area contributed by atoms with Gasteiger partial charge >= 0.3 is 0 Å². The van der Waals surface area contributed by atoms with Crippen molar-refractivity contribution in [1.29, 1.82) is 0 Å². The van der Waals surface area contributed by atoms with E-state index in [1.54, 1.807) is 0 Å². The van der Waals surface area contributed by atoms with Crippen molar-refractivity contribution in [1.82, 2.24) is 0 Å². The molecule has 1 saturated heterocycles. The first-order valence-corrected chi connectivity index (χ1v) is 8.57. The molecule has 1 aromatic carbocycles. The first-order chi connectivity index (χ1) is 9.97. The van der Waals surface area contributed by atoms with Crippen LogP contribution in [0.15, 0.2) is 18.2 Å². The molecule has 0 aromatic heterocycles. The van der Waals surface area contributed by atoms with Crippen molar-refractivity contribution in [3.63, 3.8) is 0 Å². The molecule has 2 heteroatoms. The first-order valence-electron chi connectivity index (χ1n) is 8.57. The third kappa shape index (κ3) is 4.00. The maximum absolute atomic E-state index is 6.20. The quantitative estimate of drug-likeness (QED) is 0.875. The highest BCUT2D eigenvalue weighted by atomic mass is 15.1. The van der Waals surface area contributed by atoms with E-state index in [0.29, 0.717) is 5.41 Å². The summed E-state index contributed by atoms with van der Waals surface area (Å²) in [5.74, 6) is 0. The molecule has 0 amide bonds. The maximum atomic E-state index is 6.20. The van der Waals surface area contributed by atoms with Gasteiger partial charge in [0, 0.05) is 24.8 Å². The van der Waals surface area contributed by atoms with Crippen LogP contribution in [0.1, 0.15) is 57.6 Å². The lowest BCUT2D eigenvalue weighted by Crippen LogP contribution is -2.39. The molecule has 0 bridgehead atoms. The highest BCUT2D eigenvalue weighted by molar-refractivity contribution is 5.55. The van der Waals surface area contributed by atoms with E-state index in [1.165, 1.54) is 49.2 Å². The molecule has 1 aromatic rings. The molecule has 0 radical (unpaired) electrons. The first kappa shape index (κ1) is 16.4. The van der Waals surface area contributed by atoms with Crippen molar-refractivity contribution in [3.8, 4) is 0 Å². The van der Waals surface area contributed by atoms with Gasteiger partial charge in [0.05, 0.1) is 0 Å². The lowest BCUT2D eigenvalue weighted by atomic mass is 9.78. The van der Waals surface area contributed by atoms with Crippen molar-refractivity contribution in [2.75, 3.05) is 18.0 Å². The Morgan fingerprint density at radius 1 is 1.24 bits per heavy atom. The normalized spacial score (nSPS) is 19.6. The van der Waals surface area contributed by atoms with E-state index in [4.69, 9.17) is 5.73 Å². The van der Waals surface area contributed by atoms with E-state index in [2.05, 4.69) is 50.8 Å². The lowest BCUT2D eigenvalue weighted by molar-refractivity contribution is 0.238. The van der Waals surface area contributed by atoms with Crippen molar-refractivity contribution in [2.24, 2.45) is 11.1 Å². The fourth-order valence-corrected chi connectivity index (χ4v) is 3.25. The molecule has 118 valence electrons. The van der Waals surface area contributed by atoms with Crippen LogP contribution in [0.3, 0.4) is 0 Å². The minimum atomic E-state index is 0.274. The van der Waals surface area contributed by atoms with Gasteiger partial charge in [0.1, 0.15) is 0 Å². The summed E-state index contributed by atoms with van der Waals surface area (Å²) in [6, 6.07) is 7.15. The van der Waals surface area contributed by atoms with Crippen LogP contribution in [-0.2, 0) is 6.42 Å². The van der Waals surface area contributed by atoms with Gasteiger partial charge in [-0.1, -0.05) is 44.9 Å². The van der Waals surface area contributed by atoms with Crippen molar-refractivity contribution < 1.29 is 0 Å². The number of hydrogen-bond donors (Lipinski definition) is 1. The molecule has 0 spiro atoms. The second-order valence-electron chi connectivity index (χ2n) is 7.16. The Bertz CT molecular complexity index is 459. The Labute approximate surface area is 130 Å². The zero-order chi connectivity index (χ0) is 15.5. The minimum Gasteiger partial charge on any atom is -0.371 e. The number of nitrogens with two attached hydrogens (primary N) is 1. The van der Waals surface area contributed by atoms with Crippen LogP contribution in [-0.4, -0.2) is 19.1 Å². The molecule has 1 fully saturated rings. The van der Waals surface area contributed by atoms with Crippen LogP contribution in [0.5, 0.6) is 0 Å². The van der Waals surface area contributed by atoms with E-state index in [9.17, 15) is 0 Å². The maximum Gasteiger partial charge on any atom is 0.0399 e. The SMILES string of the molecule is CCC(N)Cc1cc(C)ccc1N1CCC(C)(CC)CC1. The molecule has 0 aliphatic carbocycles. The molecule has 1 aliphatic rings. The van der Waals surface area contributed by atoms with Gasteiger partial charge in [-0.2, -0.15) is 0 Å². The number of anilines is 1. The standard InChI is InChI=1S/C19H32N2/c1-5-17(20)14-16-13-15(3)7-8-18(16)21-11-9-19(4,6-2)10-12-21/h7-8,13,17H,5-6,9-12,14,20H2,1-4H3. The van der Waals surface area contributed by atoms with Gasteiger partial charge in [-0.05, 0) is 49.7 Å². The van der Waals surface area contributed by atoms with Gasteiger partial charge in [-0.25, -0.2) is 0 Å². The number of hydrogen-bond acceptors (Lipinski definition) is 2. The summed E-state index contributed by atoms with van der Waals surface area (Å²) in [6.07, 6.45) is 5.94. The summed E-state index contributed by atoms with van der Waals surface area (Å²) in [5, 5.41) is 0. The molecule has 1 unspecified atom stereocenters. The smallest absolute Gasteiger partial charge is 0.0399 e. The number of rotatable bonds is 5. The molecular weight excluding hydrogens is 256 g/mol. The largest absolute Gasteiger partial charge is 0.371 e. The second kappa shape index (κ2) is 6.83. The Balaban J connectivity index is 2.16. The Kier molecular flexibility index (Phi) is 5.32. The molecule has 2 nitrogen and oxygen atoms in total. The fraction of sp³-hybridized carbons (Fsp3) is 0.684. The molecule has 21 heavy (non-hydrogen) atoms. The molecule has 1 heterocycles. The summed E-state index contributed by atoms with van der Waals surface area (Å²) >= 11 is 0. The third-order valence-electron chi connectivity index (χ3n) is 5.41. The van der Waals surface area contributed by atoms with E-state index in [1.807, 2.05) is 0 Å². The summed E-state index contributed by atoms with van der Waals surface area (Å²) in [7, 11) is 0. The summed E-state index contributed by atoms with van der Waals surface area (Å²) < 4.78 is 0. The van der Waals surface area contributed by atoms with Crippen molar-refractivity contribution >= 4 is 5.69 Å². The number of benzene rings is 1. The average Bonchev–Trinajstić information content (AvgIpc) is 2.48. The summed E-state index contributed by atoms with van der Waals surface area (Å²) in [5.41, 5.74) is 10.9. The second-order valence-corrected chi connectivity index (χ2v) is 7.16. The van der Waals surface area contributed by atoms with Crippen LogP contribution in [0.2, 0.25) is 0 Å². The van der Waals surface area contributed by atoms with Gasteiger partial charge in [-0.3, -0.25) is 0 Å². The molecule has 2 rings (SSSR count). The molecule has 0 saturated carbocycles. The highest BCUT2D eigenvalue weighted by Gasteiger charge is 2.29. The Morgan fingerprint density at radius 2 is 1.90 bits per heavy atom. The molecular formula is C19H32N2. The molecule has 2 N–H and O–H groups in total. The highest BCUT2D eigenvalue weighted by Crippen LogP contribution is 2.36. The van der Waals surface area contributed by atoms with Gasteiger partial charge < -0.3 is 10.6 Å². The number of piperidine rings is 1. The topological polar surface area (TPSA) is 29.3 Å². The average molecular weight is 288 g/mol. The lowest BCUT2D eigenvalue weighted by Gasteiger charge is -2.41. The zero-order valence-corrected chi connectivity index (χ0v) is 14.3. The van der Waals surface area contributed by atoms with Crippen LogP contribution in [0, 0.1) is 12.3 Å². The van der Waals surface area contributed by atoms with Crippen molar-refractivity contribution in [3.05, 3.63) is 29.3 Å². The number of aryl methyl sites for hydroxylation is 1. The van der Waals surface area contributed by atoms with Gasteiger partial charge in [0.15, 0.2) is 0 Å². The zero-order valence-electron chi connectivity index (χ0n) is 14.3. The monoisotopic (exact) mass is 288 g/mol. The predicted octanol–water partition coefficient (Wildman–Crippen LogP) is 4.29. The summed E-state index contributed by atoms with van der Waals surface area (Å²) in [4.78, 5) is 2.58. The van der Waals surface area contributed by atoms with E-state index in [-0.39, 0.29) is 6.04 Å². The van der Waals surface area contributed by atoms with E-state index >= 15 is 0 Å². The van der Waals surface area contributed by atoms with Gasteiger partial charge in [0.25, 0.3) is 0 Å². The van der Waals surface area contributed by atoms with Gasteiger partial charge in [0.2, 0.25) is 0 Å². The van der Waals surface area contributed by atoms with Crippen LogP contribution < -0.4 is 10.6 Å². The predicted molar refractivity (Wildman–Crippen MR) is 93.0 cm³/mol. The Morgan fingerprint density at radius 3 is 2.48 bits per heavy atom. The Hall–Kier alpha value is -1.02. The summed E-state index contributed by atoms with van der Waals surface area (Å²) in [6.45, 7) is 11.5. The number of nitrogens with zero attached hydrogens (tertiary/aromatic N) is 1. The van der Waals surface area contributed by atoms with Crippen molar-refractivity contribution in [2.45, 2.75) is 65.8 Å². The van der Waals surface area contributed by atoms with Crippen LogP contribution in [0.4, 0.5) is 5.69 Å². The molecule has 1 aliphatic heterocycles. The van der Waals surface area contributed by atoms with Crippen LogP contribution >= 0.6 is 0 Å². The van der Waals surface area contributed by atoms with Crippen LogP contribution in [0.25, 0.3) is 0 Å². The molecule has 1 atom stereocenters. The third-order valence-corrected chi connectivity index (χ3v) is 5.41. The van der Waals surface area contributed by atoms with E-state index in [0.717, 1.165) is 12.8 Å². The fourth-order valence-electron chi connectivity index (χ4n) is 3.25. The van der Waals surface area contributed by atoms with Gasteiger partial charge in [-0.15, -0.1) is 0 Å².